The topological polar surface area (TPSA) is 42.0 Å². The maximum absolute atomic E-state index is 13.0. The first-order chi connectivity index (χ1) is 11.7. The third kappa shape index (κ3) is 4.28. The zero-order chi connectivity index (χ0) is 16.8. The molecule has 5 heteroatoms. The van der Waals surface area contributed by atoms with E-state index in [-0.39, 0.29) is 26.7 Å². The molecule has 0 bridgehead atoms. The monoisotopic (exact) mass is 386 g/mol. The minimum absolute atomic E-state index is 0.137. The van der Waals surface area contributed by atoms with E-state index in [9.17, 15) is 9.18 Å². The molecule has 1 amide bonds. The predicted octanol–water partition coefficient (Wildman–Crippen LogP) is 3.00. The first-order valence-corrected chi connectivity index (χ1v) is 9.47. The molecule has 0 atom stereocenters. The Labute approximate surface area is 146 Å². The SMILES string of the molecule is O=C(Nc1ccc(F)cc1)c1ccccc1[Se]Cc1ccncc1. The van der Waals surface area contributed by atoms with Gasteiger partial charge in [-0.05, 0) is 0 Å². The maximum atomic E-state index is 13.0. The van der Waals surface area contributed by atoms with Crippen LogP contribution in [0.2, 0.25) is 0 Å². The van der Waals surface area contributed by atoms with Gasteiger partial charge in [0.1, 0.15) is 0 Å². The number of hydrogen-bond donors (Lipinski definition) is 1. The zero-order valence-electron chi connectivity index (χ0n) is 12.8. The number of halogens is 1. The van der Waals surface area contributed by atoms with Crippen molar-refractivity contribution in [3.05, 3.63) is 90.0 Å². The van der Waals surface area contributed by atoms with Crippen LogP contribution in [-0.2, 0) is 5.32 Å². The van der Waals surface area contributed by atoms with Crippen molar-refractivity contribution in [1.29, 1.82) is 0 Å². The zero-order valence-corrected chi connectivity index (χ0v) is 14.5. The number of amides is 1. The number of rotatable bonds is 5. The number of benzene rings is 2. The summed E-state index contributed by atoms with van der Waals surface area (Å²) in [6.07, 6.45) is 3.55. The second-order valence-corrected chi connectivity index (χ2v) is 7.24. The van der Waals surface area contributed by atoms with Crippen LogP contribution in [0.25, 0.3) is 0 Å². The third-order valence-corrected chi connectivity index (χ3v) is 5.78. The number of aromatic nitrogens is 1. The van der Waals surface area contributed by atoms with Crippen LogP contribution in [0.15, 0.2) is 73.1 Å². The fourth-order valence-corrected chi connectivity index (χ4v) is 4.26. The van der Waals surface area contributed by atoms with Crippen LogP contribution in [0.5, 0.6) is 0 Å². The van der Waals surface area contributed by atoms with Gasteiger partial charge in [-0.2, -0.15) is 0 Å². The predicted molar refractivity (Wildman–Crippen MR) is 94.1 cm³/mol. The summed E-state index contributed by atoms with van der Waals surface area (Å²) in [5.74, 6) is -0.497. The molecule has 3 rings (SSSR count). The summed E-state index contributed by atoms with van der Waals surface area (Å²) in [5, 5.41) is 3.72. The number of nitrogens with zero attached hydrogens (tertiary/aromatic N) is 1. The van der Waals surface area contributed by atoms with E-state index in [1.54, 1.807) is 24.5 Å². The Hall–Kier alpha value is -2.49. The van der Waals surface area contributed by atoms with Gasteiger partial charge in [-0.1, -0.05) is 0 Å². The van der Waals surface area contributed by atoms with Gasteiger partial charge in [0.25, 0.3) is 0 Å². The Balaban J connectivity index is 1.73. The summed E-state index contributed by atoms with van der Waals surface area (Å²) >= 11 is 0.137. The molecule has 0 aliphatic heterocycles. The molecule has 0 unspecified atom stereocenters. The quantitative estimate of drug-likeness (QED) is 0.687. The van der Waals surface area contributed by atoms with Crippen molar-refractivity contribution in [1.82, 2.24) is 4.98 Å². The average molecular weight is 385 g/mol. The van der Waals surface area contributed by atoms with Gasteiger partial charge in [-0.15, -0.1) is 0 Å². The summed E-state index contributed by atoms with van der Waals surface area (Å²) in [6, 6.07) is 17.3. The molecule has 0 saturated carbocycles. The first-order valence-electron chi connectivity index (χ1n) is 7.40. The summed E-state index contributed by atoms with van der Waals surface area (Å²) < 4.78 is 14.0. The van der Waals surface area contributed by atoms with Gasteiger partial charge in [0.05, 0.1) is 0 Å². The van der Waals surface area contributed by atoms with Crippen LogP contribution in [0, 0.1) is 5.82 Å². The van der Waals surface area contributed by atoms with Crippen molar-refractivity contribution in [2.24, 2.45) is 0 Å². The molecule has 0 saturated heterocycles. The van der Waals surface area contributed by atoms with E-state index >= 15 is 0 Å². The Morgan fingerprint density at radius 2 is 1.71 bits per heavy atom. The summed E-state index contributed by atoms with van der Waals surface area (Å²) in [7, 11) is 0. The number of carbonyl (C=O) groups is 1. The van der Waals surface area contributed by atoms with Gasteiger partial charge in [-0.3, -0.25) is 0 Å². The van der Waals surface area contributed by atoms with Gasteiger partial charge < -0.3 is 0 Å². The van der Waals surface area contributed by atoms with Crippen LogP contribution in [0.4, 0.5) is 10.1 Å². The van der Waals surface area contributed by atoms with Crippen molar-refractivity contribution in [2.75, 3.05) is 5.32 Å². The van der Waals surface area contributed by atoms with Crippen LogP contribution < -0.4 is 9.78 Å². The van der Waals surface area contributed by atoms with Crippen molar-refractivity contribution >= 4 is 31.0 Å². The molecule has 0 spiro atoms. The molecule has 120 valence electrons. The van der Waals surface area contributed by atoms with E-state index in [1.807, 2.05) is 36.4 Å². The van der Waals surface area contributed by atoms with Gasteiger partial charge in [0.15, 0.2) is 0 Å². The van der Waals surface area contributed by atoms with E-state index in [0.717, 1.165) is 9.78 Å². The Kier molecular flexibility index (Phi) is 5.36. The van der Waals surface area contributed by atoms with E-state index < -0.39 is 0 Å². The Morgan fingerprint density at radius 3 is 2.46 bits per heavy atom. The summed E-state index contributed by atoms with van der Waals surface area (Å²) in [5.41, 5.74) is 2.45. The van der Waals surface area contributed by atoms with Gasteiger partial charge in [-0.25, -0.2) is 0 Å². The molecule has 3 aromatic rings. The van der Waals surface area contributed by atoms with Crippen LogP contribution in [-0.4, -0.2) is 25.8 Å². The number of nitrogens with one attached hydrogen (secondary N) is 1. The van der Waals surface area contributed by atoms with Crippen molar-refractivity contribution in [2.45, 2.75) is 5.32 Å². The Bertz CT molecular complexity index is 822. The molecule has 1 heterocycles. The molecule has 24 heavy (non-hydrogen) atoms. The number of anilines is 1. The second-order valence-electron chi connectivity index (χ2n) is 5.10. The minimum atomic E-state index is -0.325. The number of carbonyl (C=O) groups excluding carboxylic acids is 1. The third-order valence-electron chi connectivity index (χ3n) is 3.38. The number of hydrogen-bond acceptors (Lipinski definition) is 2. The summed E-state index contributed by atoms with van der Waals surface area (Å²) in [6.45, 7) is 0. The Morgan fingerprint density at radius 1 is 1.00 bits per heavy atom. The van der Waals surface area contributed by atoms with Crippen LogP contribution in [0.1, 0.15) is 15.9 Å². The molecule has 0 fully saturated rings. The molecule has 0 radical (unpaired) electrons. The standard InChI is InChI=1S/C19H15FN2OSe/c20-15-5-7-16(8-6-15)22-19(23)17-3-1-2-4-18(17)24-13-14-9-11-21-12-10-14/h1-12H,13H2,(H,22,23). The van der Waals surface area contributed by atoms with E-state index in [1.165, 1.54) is 17.7 Å². The number of pyridine rings is 1. The van der Waals surface area contributed by atoms with Gasteiger partial charge in [0, 0.05) is 0 Å². The van der Waals surface area contributed by atoms with E-state index in [0.29, 0.717) is 11.3 Å². The molecular formula is C19H15FN2OSe. The second kappa shape index (κ2) is 7.86. The van der Waals surface area contributed by atoms with Gasteiger partial charge >= 0.3 is 146 Å². The molecule has 3 nitrogen and oxygen atoms in total. The molecular weight excluding hydrogens is 370 g/mol. The first kappa shape index (κ1) is 16.4. The summed E-state index contributed by atoms with van der Waals surface area (Å²) in [4.78, 5) is 16.5. The van der Waals surface area contributed by atoms with Crippen molar-refractivity contribution < 1.29 is 9.18 Å². The average Bonchev–Trinajstić information content (AvgIpc) is 2.63. The molecule has 0 aliphatic carbocycles. The fraction of sp³-hybridized carbons (Fsp3) is 0.0526. The molecule has 1 N–H and O–H groups in total. The molecule has 0 aliphatic rings. The van der Waals surface area contributed by atoms with E-state index in [2.05, 4.69) is 10.3 Å². The van der Waals surface area contributed by atoms with Crippen molar-refractivity contribution in [3.63, 3.8) is 0 Å². The van der Waals surface area contributed by atoms with E-state index in [4.69, 9.17) is 0 Å². The van der Waals surface area contributed by atoms with Crippen molar-refractivity contribution in [3.8, 4) is 0 Å². The van der Waals surface area contributed by atoms with Crippen LogP contribution >= 0.6 is 0 Å². The molecule has 1 aromatic heterocycles. The normalized spacial score (nSPS) is 10.4. The van der Waals surface area contributed by atoms with Crippen LogP contribution in [0.3, 0.4) is 0 Å². The fourth-order valence-electron chi connectivity index (χ4n) is 2.15. The van der Waals surface area contributed by atoms with Gasteiger partial charge in [0.2, 0.25) is 0 Å². The molecule has 2 aromatic carbocycles.